The molecule has 0 radical (unpaired) electrons. The Labute approximate surface area is 238 Å². The van der Waals surface area contributed by atoms with Crippen LogP contribution in [0.3, 0.4) is 0 Å². The number of benzene rings is 2. The molecule has 6 rings (SSSR count). The first-order valence-electron chi connectivity index (χ1n) is 13.9. The Bertz CT molecular complexity index is 1580. The van der Waals surface area contributed by atoms with Crippen LogP contribution in [0.1, 0.15) is 56.8 Å². The minimum absolute atomic E-state index is 0.0769. The van der Waals surface area contributed by atoms with E-state index in [4.69, 9.17) is 9.47 Å². The topological polar surface area (TPSA) is 99.3 Å². The lowest BCUT2D eigenvalue weighted by Crippen LogP contribution is -2.32. The Balaban J connectivity index is 1.21. The van der Waals surface area contributed by atoms with Gasteiger partial charge in [-0.25, -0.2) is 9.07 Å². The first-order chi connectivity index (χ1) is 19.9. The summed E-state index contributed by atoms with van der Waals surface area (Å²) in [5.41, 5.74) is 6.20. The van der Waals surface area contributed by atoms with Crippen molar-refractivity contribution in [3.63, 3.8) is 0 Å². The molecule has 11 heteroatoms. The Morgan fingerprint density at radius 1 is 1.15 bits per heavy atom. The second-order valence-electron chi connectivity index (χ2n) is 10.7. The number of methoxy groups -OCH3 is 2. The minimum atomic E-state index is -0.570. The van der Waals surface area contributed by atoms with Crippen LogP contribution in [0.15, 0.2) is 42.7 Å². The predicted octanol–water partition coefficient (Wildman–Crippen LogP) is 3.57. The molecule has 41 heavy (non-hydrogen) atoms. The molecule has 3 heterocycles. The minimum Gasteiger partial charge on any atom is -0.494 e. The molecule has 2 aliphatic rings. The lowest BCUT2D eigenvalue weighted by atomic mass is 9.97. The van der Waals surface area contributed by atoms with E-state index in [9.17, 15) is 4.79 Å². The van der Waals surface area contributed by atoms with E-state index in [0.717, 1.165) is 31.1 Å². The monoisotopic (exact) mass is 559 g/mol. The van der Waals surface area contributed by atoms with Gasteiger partial charge in [0.1, 0.15) is 5.69 Å². The summed E-state index contributed by atoms with van der Waals surface area (Å²) >= 11 is 0. The van der Waals surface area contributed by atoms with Crippen molar-refractivity contribution in [3.8, 4) is 11.4 Å². The number of rotatable bonds is 10. The van der Waals surface area contributed by atoms with Crippen LogP contribution in [0.5, 0.6) is 5.75 Å². The second kappa shape index (κ2) is 11.4. The molecule has 1 fully saturated rings. The summed E-state index contributed by atoms with van der Waals surface area (Å²) in [6.07, 6.45) is 7.12. The molecule has 2 aromatic heterocycles. The molecular weight excluding hydrogens is 525 g/mol. The number of halogens is 1. The van der Waals surface area contributed by atoms with Crippen molar-refractivity contribution in [1.82, 2.24) is 35.0 Å². The Hall–Kier alpha value is -4.09. The van der Waals surface area contributed by atoms with Crippen LogP contribution in [0.4, 0.5) is 4.39 Å². The Morgan fingerprint density at radius 3 is 2.73 bits per heavy atom. The van der Waals surface area contributed by atoms with Gasteiger partial charge in [-0.1, -0.05) is 23.4 Å². The number of aryl methyl sites for hydroxylation is 1. The van der Waals surface area contributed by atoms with E-state index in [2.05, 4.69) is 43.8 Å². The van der Waals surface area contributed by atoms with Crippen molar-refractivity contribution >= 4 is 5.91 Å². The molecule has 1 aliphatic heterocycles. The molecule has 0 spiro atoms. The standard InChI is InChI=1S/C30H34FN7O3/c1-19-14-38(35-33-19)27-8-9-28(41-3)29(31)24(27)13-32-30(39)25-17-37(34-26(25)18-40-2)15-20-4-5-21-10-11-36(23-6-7-23)16-22(21)12-20/h4-5,8-9,12,14,17,23H,6-7,10-11,13,15-16,18H2,1-3H3,(H,32,39). The average Bonchev–Trinajstić information content (AvgIpc) is 3.62. The number of nitrogens with one attached hydrogen (secondary N) is 1. The number of carbonyl (C=O) groups excluding carboxylic acids is 1. The van der Waals surface area contributed by atoms with Gasteiger partial charge >= 0.3 is 0 Å². The number of aromatic nitrogens is 5. The molecule has 0 unspecified atom stereocenters. The summed E-state index contributed by atoms with van der Waals surface area (Å²) in [6, 6.07) is 10.6. The third-order valence-electron chi connectivity index (χ3n) is 7.77. The Morgan fingerprint density at radius 2 is 2.00 bits per heavy atom. The zero-order valence-electron chi connectivity index (χ0n) is 23.6. The van der Waals surface area contributed by atoms with Crippen molar-refractivity contribution < 1.29 is 18.7 Å². The molecule has 10 nitrogen and oxygen atoms in total. The predicted molar refractivity (Wildman–Crippen MR) is 149 cm³/mol. The largest absolute Gasteiger partial charge is 0.494 e. The van der Waals surface area contributed by atoms with Crippen molar-refractivity contribution in [2.45, 2.75) is 58.5 Å². The maximum atomic E-state index is 15.3. The fourth-order valence-electron chi connectivity index (χ4n) is 5.50. The maximum Gasteiger partial charge on any atom is 0.255 e. The number of ether oxygens (including phenoxy) is 2. The van der Waals surface area contributed by atoms with Crippen molar-refractivity contribution in [1.29, 1.82) is 0 Å². The number of fused-ring (bicyclic) bond motifs is 1. The summed E-state index contributed by atoms with van der Waals surface area (Å²) in [4.78, 5) is 16.0. The third kappa shape index (κ3) is 5.73. The lowest BCUT2D eigenvalue weighted by molar-refractivity contribution is 0.0945. The molecule has 2 aromatic carbocycles. The summed E-state index contributed by atoms with van der Waals surface area (Å²) in [5.74, 6) is -0.872. The van der Waals surface area contributed by atoms with Gasteiger partial charge in [0.05, 0.1) is 43.4 Å². The number of carbonyl (C=O) groups is 1. The summed E-state index contributed by atoms with van der Waals surface area (Å²) in [6.45, 7) is 4.54. The molecule has 1 aliphatic carbocycles. The molecule has 0 bridgehead atoms. The number of hydrogen-bond donors (Lipinski definition) is 1. The highest BCUT2D eigenvalue weighted by Gasteiger charge is 2.31. The fraction of sp³-hybridized carbons (Fsp3) is 0.400. The molecule has 1 N–H and O–H groups in total. The highest BCUT2D eigenvalue weighted by Crippen LogP contribution is 2.32. The lowest BCUT2D eigenvalue weighted by Gasteiger charge is -2.29. The quantitative estimate of drug-likeness (QED) is 0.317. The summed E-state index contributed by atoms with van der Waals surface area (Å²) in [5, 5.41) is 15.6. The molecule has 0 atom stereocenters. The van der Waals surface area contributed by atoms with Crippen LogP contribution in [-0.2, 0) is 37.4 Å². The van der Waals surface area contributed by atoms with Crippen LogP contribution < -0.4 is 10.1 Å². The molecule has 0 saturated heterocycles. The molecule has 4 aromatic rings. The maximum absolute atomic E-state index is 15.3. The fourth-order valence-corrected chi connectivity index (χ4v) is 5.50. The summed E-state index contributed by atoms with van der Waals surface area (Å²) in [7, 11) is 2.96. The van der Waals surface area contributed by atoms with Gasteiger partial charge in [-0.2, -0.15) is 5.10 Å². The normalized spacial score (nSPS) is 15.1. The van der Waals surface area contributed by atoms with Crippen LogP contribution in [0.2, 0.25) is 0 Å². The van der Waals surface area contributed by atoms with E-state index in [0.29, 0.717) is 29.2 Å². The zero-order chi connectivity index (χ0) is 28.5. The second-order valence-corrected chi connectivity index (χ2v) is 10.7. The van der Waals surface area contributed by atoms with Crippen LogP contribution >= 0.6 is 0 Å². The van der Waals surface area contributed by atoms with Gasteiger partial charge in [0.15, 0.2) is 11.6 Å². The van der Waals surface area contributed by atoms with E-state index >= 15 is 4.39 Å². The van der Waals surface area contributed by atoms with Crippen molar-refractivity contribution in [2.75, 3.05) is 20.8 Å². The van der Waals surface area contributed by atoms with E-state index < -0.39 is 5.82 Å². The van der Waals surface area contributed by atoms with E-state index in [1.165, 1.54) is 41.8 Å². The van der Waals surface area contributed by atoms with Gasteiger partial charge in [-0.3, -0.25) is 14.4 Å². The van der Waals surface area contributed by atoms with Gasteiger partial charge in [0, 0.05) is 44.5 Å². The first-order valence-corrected chi connectivity index (χ1v) is 13.9. The van der Waals surface area contributed by atoms with Crippen LogP contribution in [0, 0.1) is 12.7 Å². The van der Waals surface area contributed by atoms with Gasteiger partial charge in [-0.05, 0) is 55.0 Å². The van der Waals surface area contributed by atoms with E-state index in [-0.39, 0.29) is 30.4 Å². The first kappa shape index (κ1) is 27.1. The Kier molecular flexibility index (Phi) is 7.55. The molecule has 214 valence electrons. The summed E-state index contributed by atoms with van der Waals surface area (Å²) < 4.78 is 29.1. The van der Waals surface area contributed by atoms with E-state index in [1.807, 2.05) is 0 Å². The smallest absolute Gasteiger partial charge is 0.255 e. The third-order valence-corrected chi connectivity index (χ3v) is 7.77. The average molecular weight is 560 g/mol. The van der Waals surface area contributed by atoms with E-state index in [1.54, 1.807) is 37.2 Å². The van der Waals surface area contributed by atoms with Gasteiger partial charge in [-0.15, -0.1) is 5.10 Å². The molecule has 1 amide bonds. The number of nitrogens with zero attached hydrogens (tertiary/aromatic N) is 6. The molecular formula is C30H34FN7O3. The van der Waals surface area contributed by atoms with Crippen LogP contribution in [0.25, 0.3) is 5.69 Å². The van der Waals surface area contributed by atoms with Gasteiger partial charge in [0.25, 0.3) is 5.91 Å². The number of hydrogen-bond acceptors (Lipinski definition) is 7. The highest BCUT2D eigenvalue weighted by atomic mass is 19.1. The highest BCUT2D eigenvalue weighted by molar-refractivity contribution is 5.95. The number of amides is 1. The SMILES string of the molecule is COCc1nn(Cc2ccc3c(c2)CN(C2CC2)CC3)cc1C(=O)NCc1c(-n2cc(C)nn2)ccc(OC)c1F. The zero-order valence-corrected chi connectivity index (χ0v) is 23.6. The van der Waals surface area contributed by atoms with Crippen molar-refractivity contribution in [3.05, 3.63) is 87.7 Å². The van der Waals surface area contributed by atoms with Crippen molar-refractivity contribution in [2.24, 2.45) is 0 Å². The van der Waals surface area contributed by atoms with Crippen LogP contribution in [-0.4, -0.2) is 62.4 Å². The van der Waals surface area contributed by atoms with Gasteiger partial charge < -0.3 is 14.8 Å². The van der Waals surface area contributed by atoms with Gasteiger partial charge in [0.2, 0.25) is 0 Å². The molecule has 1 saturated carbocycles.